The minimum atomic E-state index is -0.918. The van der Waals surface area contributed by atoms with Crippen LogP contribution in [0.25, 0.3) is 0 Å². The highest BCUT2D eigenvalue weighted by Crippen LogP contribution is 2.51. The van der Waals surface area contributed by atoms with Gasteiger partial charge in [-0.15, -0.1) is 0 Å². The van der Waals surface area contributed by atoms with Crippen molar-refractivity contribution in [3.05, 3.63) is 95.1 Å². The van der Waals surface area contributed by atoms with E-state index in [1.54, 1.807) is 79.1 Å². The topological polar surface area (TPSA) is 124 Å². The van der Waals surface area contributed by atoms with Gasteiger partial charge in [-0.1, -0.05) is 52.0 Å². The van der Waals surface area contributed by atoms with Crippen LogP contribution in [-0.4, -0.2) is 65.1 Å². The Morgan fingerprint density at radius 2 is 0.800 bits per heavy atom. The highest BCUT2D eigenvalue weighted by molar-refractivity contribution is 5.48. The normalized spacial score (nSPS) is 20.1. The molecule has 5 rings (SSSR count). The Balaban J connectivity index is 1.31. The van der Waals surface area contributed by atoms with Crippen molar-refractivity contribution in [1.29, 1.82) is 0 Å². The lowest BCUT2D eigenvalue weighted by molar-refractivity contribution is 0.0265. The molecule has 11 nitrogen and oxygen atoms in total. The van der Waals surface area contributed by atoms with Gasteiger partial charge in [-0.3, -0.25) is 0 Å². The Morgan fingerprint density at radius 1 is 0.473 bits per heavy atom. The van der Waals surface area contributed by atoms with E-state index < -0.39 is 24.4 Å². The van der Waals surface area contributed by atoms with E-state index in [0.717, 1.165) is 11.1 Å². The van der Waals surface area contributed by atoms with Crippen molar-refractivity contribution in [3.63, 3.8) is 0 Å². The third kappa shape index (κ3) is 8.85. The first-order valence-corrected chi connectivity index (χ1v) is 18.7. The molecule has 4 aromatic carbocycles. The van der Waals surface area contributed by atoms with Crippen LogP contribution < -0.4 is 37.9 Å². The van der Waals surface area contributed by atoms with Crippen LogP contribution in [0.2, 0.25) is 0 Å². The second-order valence-corrected chi connectivity index (χ2v) is 13.8. The molecule has 55 heavy (non-hydrogen) atoms. The molecule has 1 aliphatic heterocycles. The van der Waals surface area contributed by atoms with E-state index >= 15 is 0 Å². The minimum Gasteiger partial charge on any atom is -0.493 e. The molecular formula is C44H56O11. The van der Waals surface area contributed by atoms with Crippen LogP contribution in [0.5, 0.6) is 46.0 Å². The summed E-state index contributed by atoms with van der Waals surface area (Å²) in [5, 5.41) is 22.6. The number of ether oxygens (including phenoxy) is 9. The average Bonchev–Trinajstić information content (AvgIpc) is 3.53. The summed E-state index contributed by atoms with van der Waals surface area (Å²) >= 11 is 0. The maximum Gasteiger partial charge on any atom is 0.161 e. The fourth-order valence-electron chi connectivity index (χ4n) is 7.21. The standard InChI is InChI=1S/C44H56O11/c1-11-31(41(45)27-13-17-33(47-5)37(21-27)49-7)53-35-19-15-29(23-39(35)51-9)43-25(3)26(4)44(55-43)30-16-20-36(40(24-30)52-10)54-32(12-2)42(46)28-14-18-34(48-6)38(22-28)50-8/h13-26,31-32,41-46H,11-12H2,1-10H3. The molecule has 2 N–H and O–H groups in total. The Hall–Kier alpha value is -4.84. The van der Waals surface area contributed by atoms with Crippen LogP contribution >= 0.6 is 0 Å². The van der Waals surface area contributed by atoms with Crippen LogP contribution in [-0.2, 0) is 4.74 Å². The molecule has 11 heteroatoms. The van der Waals surface area contributed by atoms with Gasteiger partial charge in [0.25, 0.3) is 0 Å². The van der Waals surface area contributed by atoms with Crippen molar-refractivity contribution in [3.8, 4) is 46.0 Å². The van der Waals surface area contributed by atoms with E-state index in [2.05, 4.69) is 13.8 Å². The minimum absolute atomic E-state index is 0.166. The number of hydrogen-bond donors (Lipinski definition) is 2. The summed E-state index contributed by atoms with van der Waals surface area (Å²) in [4.78, 5) is 0. The zero-order valence-electron chi connectivity index (χ0n) is 33.5. The zero-order chi connectivity index (χ0) is 39.8. The van der Waals surface area contributed by atoms with Crippen LogP contribution in [0.3, 0.4) is 0 Å². The molecule has 1 saturated heterocycles. The van der Waals surface area contributed by atoms with Gasteiger partial charge in [0.1, 0.15) is 24.4 Å². The van der Waals surface area contributed by atoms with Gasteiger partial charge in [0.05, 0.1) is 54.9 Å². The van der Waals surface area contributed by atoms with Crippen molar-refractivity contribution >= 4 is 0 Å². The lowest BCUT2D eigenvalue weighted by atomic mass is 9.85. The molecule has 1 heterocycles. The molecule has 0 bridgehead atoms. The second kappa shape index (κ2) is 18.7. The Kier molecular flexibility index (Phi) is 14.0. The molecule has 4 aromatic rings. The number of aliphatic hydroxyl groups is 2. The maximum atomic E-state index is 11.3. The summed E-state index contributed by atoms with van der Waals surface area (Å²) in [5.41, 5.74) is 3.23. The van der Waals surface area contributed by atoms with Gasteiger partial charge in [-0.2, -0.15) is 0 Å². The van der Waals surface area contributed by atoms with Crippen LogP contribution in [0, 0.1) is 11.8 Å². The summed E-state index contributed by atoms with van der Waals surface area (Å²) in [6.07, 6.45) is -2.27. The van der Waals surface area contributed by atoms with Gasteiger partial charge >= 0.3 is 0 Å². The van der Waals surface area contributed by atoms with E-state index in [1.807, 2.05) is 50.2 Å². The number of methoxy groups -OCH3 is 6. The highest BCUT2D eigenvalue weighted by Gasteiger charge is 2.41. The molecule has 8 atom stereocenters. The van der Waals surface area contributed by atoms with E-state index in [9.17, 15) is 10.2 Å². The Bertz CT molecular complexity index is 1730. The maximum absolute atomic E-state index is 11.3. The number of rotatable bonds is 18. The summed E-state index contributed by atoms with van der Waals surface area (Å²) in [7, 11) is 9.48. The summed E-state index contributed by atoms with van der Waals surface area (Å²) < 4.78 is 52.8. The summed E-state index contributed by atoms with van der Waals surface area (Å²) in [5.74, 6) is 4.70. The molecule has 0 spiro atoms. The van der Waals surface area contributed by atoms with Gasteiger partial charge in [-0.25, -0.2) is 0 Å². The van der Waals surface area contributed by atoms with Crippen LogP contribution in [0.1, 0.15) is 87.2 Å². The number of benzene rings is 4. The molecular weight excluding hydrogens is 704 g/mol. The van der Waals surface area contributed by atoms with Crippen LogP contribution in [0.15, 0.2) is 72.8 Å². The molecule has 0 saturated carbocycles. The van der Waals surface area contributed by atoms with Gasteiger partial charge in [0.2, 0.25) is 0 Å². The van der Waals surface area contributed by atoms with E-state index in [0.29, 0.717) is 70.0 Å². The first-order chi connectivity index (χ1) is 26.5. The van der Waals surface area contributed by atoms with E-state index in [1.165, 1.54) is 0 Å². The van der Waals surface area contributed by atoms with Crippen molar-refractivity contribution in [2.24, 2.45) is 11.8 Å². The lowest BCUT2D eigenvalue weighted by Gasteiger charge is -2.26. The van der Waals surface area contributed by atoms with Gasteiger partial charge < -0.3 is 52.8 Å². The quantitative estimate of drug-likeness (QED) is 0.101. The van der Waals surface area contributed by atoms with Crippen molar-refractivity contribution in [2.75, 3.05) is 42.7 Å². The molecule has 0 radical (unpaired) electrons. The third-order valence-corrected chi connectivity index (χ3v) is 10.7. The largest absolute Gasteiger partial charge is 0.493 e. The molecule has 298 valence electrons. The Morgan fingerprint density at radius 3 is 1.13 bits per heavy atom. The highest BCUT2D eigenvalue weighted by atomic mass is 16.5. The lowest BCUT2D eigenvalue weighted by Crippen LogP contribution is -2.25. The average molecular weight is 761 g/mol. The SMILES string of the molecule is CCC(Oc1ccc(C2OC(c3ccc(OC(CC)C(O)c4ccc(OC)c(OC)c4)c(OC)c3)C(C)C2C)cc1OC)C(O)c1ccc(OC)c(OC)c1. The number of hydrogen-bond acceptors (Lipinski definition) is 11. The Labute approximate surface area is 325 Å². The second-order valence-electron chi connectivity index (χ2n) is 13.8. The summed E-state index contributed by atoms with van der Waals surface area (Å²) in [6.45, 7) is 8.30. The molecule has 1 aliphatic rings. The third-order valence-electron chi connectivity index (χ3n) is 10.7. The first kappa shape index (κ1) is 41.3. The van der Waals surface area contributed by atoms with Crippen LogP contribution in [0.4, 0.5) is 0 Å². The van der Waals surface area contributed by atoms with Gasteiger partial charge in [0, 0.05) is 0 Å². The predicted octanol–water partition coefficient (Wildman–Crippen LogP) is 8.61. The monoisotopic (exact) mass is 760 g/mol. The van der Waals surface area contributed by atoms with Gasteiger partial charge in [-0.05, 0) is 95.5 Å². The van der Waals surface area contributed by atoms with E-state index in [4.69, 9.17) is 42.6 Å². The predicted molar refractivity (Wildman–Crippen MR) is 209 cm³/mol. The smallest absolute Gasteiger partial charge is 0.161 e. The fraction of sp³-hybridized carbons (Fsp3) is 0.455. The fourth-order valence-corrected chi connectivity index (χ4v) is 7.21. The van der Waals surface area contributed by atoms with Crippen molar-refractivity contribution < 1.29 is 52.8 Å². The van der Waals surface area contributed by atoms with Gasteiger partial charge in [0.15, 0.2) is 46.0 Å². The van der Waals surface area contributed by atoms with Crippen molar-refractivity contribution in [2.45, 2.75) is 77.2 Å². The molecule has 1 fully saturated rings. The first-order valence-electron chi connectivity index (χ1n) is 18.7. The summed E-state index contributed by atoms with van der Waals surface area (Å²) in [6, 6.07) is 22.3. The zero-order valence-corrected chi connectivity index (χ0v) is 33.5. The number of aliphatic hydroxyl groups excluding tert-OH is 2. The molecule has 0 aromatic heterocycles. The van der Waals surface area contributed by atoms with Crippen molar-refractivity contribution in [1.82, 2.24) is 0 Å². The molecule has 8 unspecified atom stereocenters. The van der Waals surface area contributed by atoms with E-state index in [-0.39, 0.29) is 24.0 Å². The molecule has 0 aliphatic carbocycles. The molecule has 0 amide bonds.